The van der Waals surface area contributed by atoms with Crippen LogP contribution < -0.4 is 10.9 Å². The number of aryl methyl sites for hydroxylation is 5. The van der Waals surface area contributed by atoms with Crippen molar-refractivity contribution >= 4 is 5.91 Å². The van der Waals surface area contributed by atoms with Gasteiger partial charge < -0.3 is 19.9 Å². The highest BCUT2D eigenvalue weighted by atomic mass is 19.1. The van der Waals surface area contributed by atoms with Crippen molar-refractivity contribution in [3.05, 3.63) is 104 Å². The van der Waals surface area contributed by atoms with E-state index in [1.807, 2.05) is 61.7 Å². The lowest BCUT2D eigenvalue weighted by Gasteiger charge is -2.27. The molecule has 3 rings (SSSR count). The minimum atomic E-state index is -0.890. The number of amides is 1. The summed E-state index contributed by atoms with van der Waals surface area (Å²) in [5.41, 5.74) is 7.47. The third kappa shape index (κ3) is 8.44. The number of carbonyl (C=O) groups excluding carboxylic acids is 1. The van der Waals surface area contributed by atoms with Crippen molar-refractivity contribution in [2.75, 3.05) is 20.6 Å². The Bertz CT molecular complexity index is 1530. The van der Waals surface area contributed by atoms with Gasteiger partial charge in [-0.2, -0.15) is 0 Å². The quantitative estimate of drug-likeness (QED) is 0.219. The zero-order valence-corrected chi connectivity index (χ0v) is 27.3. The molecule has 2 atom stereocenters. The van der Waals surface area contributed by atoms with E-state index in [2.05, 4.69) is 28.9 Å². The SMILES string of the molecule is C=C(O)C[C@H](NC(=O)C(CC(C)C)n1cc(CCN(C)C)c(C)cc1=O)c1cc(-c2c(C)cc(C)cc2C)cc(C)c1F. The van der Waals surface area contributed by atoms with Gasteiger partial charge in [0.2, 0.25) is 5.91 Å². The largest absolute Gasteiger partial charge is 0.513 e. The Balaban J connectivity index is 2.10. The molecule has 0 spiro atoms. The summed E-state index contributed by atoms with van der Waals surface area (Å²) in [6.45, 7) is 18.2. The molecule has 0 saturated carbocycles. The highest BCUT2D eigenvalue weighted by Gasteiger charge is 2.28. The van der Waals surface area contributed by atoms with Crippen LogP contribution in [0.3, 0.4) is 0 Å². The number of hydrogen-bond acceptors (Lipinski definition) is 4. The monoisotopic (exact) mass is 589 g/mol. The minimum Gasteiger partial charge on any atom is -0.513 e. The third-order valence-electron chi connectivity index (χ3n) is 7.94. The summed E-state index contributed by atoms with van der Waals surface area (Å²) in [6.07, 6.45) is 2.88. The Morgan fingerprint density at radius 2 is 1.63 bits per heavy atom. The zero-order chi connectivity index (χ0) is 32.2. The van der Waals surface area contributed by atoms with Gasteiger partial charge in [-0.25, -0.2) is 4.39 Å². The molecule has 0 saturated heterocycles. The Kier molecular flexibility index (Phi) is 11.1. The van der Waals surface area contributed by atoms with Crippen LogP contribution in [0.1, 0.15) is 77.7 Å². The van der Waals surface area contributed by atoms with Gasteiger partial charge in [0.15, 0.2) is 0 Å². The topological polar surface area (TPSA) is 74.6 Å². The molecule has 2 N–H and O–H groups in total. The molecule has 43 heavy (non-hydrogen) atoms. The average Bonchev–Trinajstić information content (AvgIpc) is 2.87. The molecule has 0 radical (unpaired) electrons. The number of aliphatic hydroxyl groups excluding tert-OH is 1. The maximum atomic E-state index is 15.8. The summed E-state index contributed by atoms with van der Waals surface area (Å²) < 4.78 is 17.3. The van der Waals surface area contributed by atoms with Crippen LogP contribution in [0, 0.1) is 46.4 Å². The Hall–Kier alpha value is -3.71. The van der Waals surface area contributed by atoms with Crippen LogP contribution in [-0.4, -0.2) is 41.1 Å². The van der Waals surface area contributed by atoms with Crippen LogP contribution in [0.15, 0.2) is 53.7 Å². The normalized spacial score (nSPS) is 12.9. The number of nitrogens with zero attached hydrogens (tertiary/aromatic N) is 2. The molecule has 1 aromatic heterocycles. The first-order valence-electron chi connectivity index (χ1n) is 15.0. The fourth-order valence-corrected chi connectivity index (χ4v) is 5.90. The molecule has 232 valence electrons. The molecule has 0 fully saturated rings. The Morgan fingerprint density at radius 3 is 2.19 bits per heavy atom. The highest BCUT2D eigenvalue weighted by molar-refractivity contribution is 5.81. The maximum absolute atomic E-state index is 15.8. The number of benzene rings is 2. The van der Waals surface area contributed by atoms with E-state index in [0.29, 0.717) is 12.0 Å². The van der Waals surface area contributed by atoms with Crippen LogP contribution in [0.25, 0.3) is 11.1 Å². The third-order valence-corrected chi connectivity index (χ3v) is 7.94. The summed E-state index contributed by atoms with van der Waals surface area (Å²) in [7, 11) is 3.99. The Labute approximate surface area is 256 Å². The summed E-state index contributed by atoms with van der Waals surface area (Å²) in [6, 6.07) is 7.65. The van der Waals surface area contributed by atoms with Crippen LogP contribution in [0.5, 0.6) is 0 Å². The first kappa shape index (κ1) is 33.8. The van der Waals surface area contributed by atoms with E-state index in [1.165, 1.54) is 4.57 Å². The van der Waals surface area contributed by atoms with Gasteiger partial charge in [0.05, 0.1) is 11.8 Å². The Morgan fingerprint density at radius 1 is 1.00 bits per heavy atom. The van der Waals surface area contributed by atoms with Crippen LogP contribution in [0.4, 0.5) is 4.39 Å². The van der Waals surface area contributed by atoms with E-state index in [4.69, 9.17) is 0 Å². The predicted octanol–water partition coefficient (Wildman–Crippen LogP) is 7.21. The second-order valence-corrected chi connectivity index (χ2v) is 12.7. The van der Waals surface area contributed by atoms with Crippen molar-refractivity contribution in [1.29, 1.82) is 0 Å². The lowest BCUT2D eigenvalue weighted by atomic mass is 9.89. The number of halogens is 1. The van der Waals surface area contributed by atoms with Gasteiger partial charge in [0, 0.05) is 30.8 Å². The molecule has 0 aliphatic heterocycles. The molecule has 7 heteroatoms. The summed E-state index contributed by atoms with van der Waals surface area (Å²) >= 11 is 0. The fourth-order valence-electron chi connectivity index (χ4n) is 5.90. The van der Waals surface area contributed by atoms with Gasteiger partial charge in [-0.05, 0) is 119 Å². The summed E-state index contributed by atoms with van der Waals surface area (Å²) in [5, 5.41) is 13.2. The molecular weight excluding hydrogens is 541 g/mol. The molecule has 2 aromatic carbocycles. The fraction of sp³-hybridized carbons (Fsp3) is 0.444. The number of carbonyl (C=O) groups is 1. The number of aromatic nitrogens is 1. The predicted molar refractivity (Wildman–Crippen MR) is 174 cm³/mol. The van der Waals surface area contributed by atoms with Crippen LogP contribution in [0.2, 0.25) is 0 Å². The van der Waals surface area contributed by atoms with Gasteiger partial charge in [-0.3, -0.25) is 9.59 Å². The van der Waals surface area contributed by atoms with E-state index >= 15 is 4.39 Å². The number of nitrogens with one attached hydrogen (secondary N) is 1. The van der Waals surface area contributed by atoms with Crippen molar-refractivity contribution in [2.24, 2.45) is 5.92 Å². The van der Waals surface area contributed by atoms with Crippen LogP contribution in [-0.2, 0) is 11.2 Å². The van der Waals surface area contributed by atoms with Crippen LogP contribution >= 0.6 is 0 Å². The van der Waals surface area contributed by atoms with Crippen molar-refractivity contribution in [1.82, 2.24) is 14.8 Å². The minimum absolute atomic E-state index is 0.0668. The maximum Gasteiger partial charge on any atom is 0.251 e. The van der Waals surface area contributed by atoms with Gasteiger partial charge >= 0.3 is 0 Å². The molecule has 0 bridgehead atoms. The van der Waals surface area contributed by atoms with Crippen molar-refractivity contribution < 1.29 is 14.3 Å². The smallest absolute Gasteiger partial charge is 0.251 e. The second kappa shape index (κ2) is 14.2. The van der Waals surface area contributed by atoms with Crippen molar-refractivity contribution in [2.45, 2.75) is 79.8 Å². The van der Waals surface area contributed by atoms with E-state index < -0.39 is 23.8 Å². The second-order valence-electron chi connectivity index (χ2n) is 12.7. The van der Waals surface area contributed by atoms with Gasteiger partial charge in [0.1, 0.15) is 11.9 Å². The lowest BCUT2D eigenvalue weighted by Crippen LogP contribution is -2.40. The van der Waals surface area contributed by atoms with Gasteiger partial charge in [-0.1, -0.05) is 38.1 Å². The van der Waals surface area contributed by atoms with Gasteiger partial charge in [-0.15, -0.1) is 0 Å². The number of likely N-dealkylation sites (N-methyl/N-ethyl adjacent to an activating group) is 1. The average molecular weight is 590 g/mol. The van der Waals surface area contributed by atoms with Crippen molar-refractivity contribution in [3.8, 4) is 11.1 Å². The van der Waals surface area contributed by atoms with E-state index in [0.717, 1.165) is 51.9 Å². The molecule has 3 aromatic rings. The first-order chi connectivity index (χ1) is 20.1. The summed E-state index contributed by atoms with van der Waals surface area (Å²) in [4.78, 5) is 29.4. The molecule has 1 unspecified atom stereocenters. The number of pyridine rings is 1. The van der Waals surface area contributed by atoms with E-state index in [9.17, 15) is 14.7 Å². The molecule has 0 aliphatic rings. The standard InChI is InChI=1S/C36H48FN3O3/c1-21(2)13-32(40-20-28(11-12-39(9)10)23(4)17-33(40)42)36(43)38-31(18-27(8)41)30-19-29(16-26(7)35(30)37)34-24(5)14-22(3)15-25(34)6/h14-17,19-21,31-32,41H,8,11-13,18H2,1-7,9-10H3,(H,38,43)/t31-,32?/m0/s1. The molecule has 6 nitrogen and oxygen atoms in total. The molecule has 1 amide bonds. The highest BCUT2D eigenvalue weighted by Crippen LogP contribution is 2.34. The number of hydrogen-bond donors (Lipinski definition) is 2. The number of aliphatic hydroxyl groups is 1. The van der Waals surface area contributed by atoms with E-state index in [1.54, 1.807) is 25.3 Å². The first-order valence-corrected chi connectivity index (χ1v) is 15.0. The molecular formula is C36H48FN3O3. The lowest BCUT2D eigenvalue weighted by molar-refractivity contribution is -0.125. The van der Waals surface area contributed by atoms with E-state index in [-0.39, 0.29) is 29.2 Å². The van der Waals surface area contributed by atoms with Gasteiger partial charge in [0.25, 0.3) is 5.56 Å². The molecule has 0 aliphatic carbocycles. The van der Waals surface area contributed by atoms with Crippen molar-refractivity contribution in [3.63, 3.8) is 0 Å². The number of rotatable bonds is 12. The zero-order valence-electron chi connectivity index (χ0n) is 27.3. The summed E-state index contributed by atoms with van der Waals surface area (Å²) in [5.74, 6) is -0.921. The molecule has 1 heterocycles.